The molecule has 0 radical (unpaired) electrons. The number of nitrogens with one attached hydrogen (secondary N) is 1. The van der Waals surface area contributed by atoms with Gasteiger partial charge in [-0.1, -0.05) is 0 Å². The molecule has 1 aliphatic heterocycles. The minimum Gasteiger partial charge on any atom is -0.379 e. The van der Waals surface area contributed by atoms with Gasteiger partial charge in [0.1, 0.15) is 5.82 Å². The predicted molar refractivity (Wildman–Crippen MR) is 65.0 cm³/mol. The summed E-state index contributed by atoms with van der Waals surface area (Å²) < 4.78 is 18.7. The maximum Gasteiger partial charge on any atom is 0.254 e. The van der Waals surface area contributed by atoms with Crippen LogP contribution >= 0.6 is 12.6 Å². The highest BCUT2D eigenvalue weighted by atomic mass is 32.1. The molecule has 2 rings (SSSR count). The molecule has 1 amide bonds. The van der Waals surface area contributed by atoms with E-state index >= 15 is 0 Å². The number of carbonyl (C=O) groups is 1. The summed E-state index contributed by atoms with van der Waals surface area (Å²) in [5, 5.41) is 2.77. The van der Waals surface area contributed by atoms with E-state index in [-0.39, 0.29) is 11.6 Å². The van der Waals surface area contributed by atoms with Crippen molar-refractivity contribution in [1.82, 2.24) is 5.32 Å². The average molecular weight is 255 g/mol. The minimum atomic E-state index is -0.531. The van der Waals surface area contributed by atoms with E-state index in [4.69, 9.17) is 4.74 Å². The standard InChI is InChI=1S/C12H14FNO2S/c13-11-4-3-9(17)6-10(11)12(15)14-8-2-1-5-16-7-8/h3-4,6,8,17H,1-2,5,7H2,(H,14,15). The zero-order chi connectivity index (χ0) is 12.3. The first kappa shape index (κ1) is 12.4. The average Bonchev–Trinajstić information content (AvgIpc) is 2.33. The van der Waals surface area contributed by atoms with Crippen LogP contribution in [0.5, 0.6) is 0 Å². The van der Waals surface area contributed by atoms with Gasteiger partial charge in [0, 0.05) is 11.5 Å². The second-order valence-corrected chi connectivity index (χ2v) is 4.57. The lowest BCUT2D eigenvalue weighted by molar-refractivity contribution is 0.0622. The third kappa shape index (κ3) is 3.20. The highest BCUT2D eigenvalue weighted by Gasteiger charge is 2.19. The molecule has 1 N–H and O–H groups in total. The van der Waals surface area contributed by atoms with Crippen LogP contribution in [0.1, 0.15) is 23.2 Å². The van der Waals surface area contributed by atoms with E-state index in [9.17, 15) is 9.18 Å². The number of ether oxygens (including phenoxy) is 1. The monoisotopic (exact) mass is 255 g/mol. The lowest BCUT2D eigenvalue weighted by Crippen LogP contribution is -2.40. The Balaban J connectivity index is 2.05. The first-order valence-electron chi connectivity index (χ1n) is 5.54. The minimum absolute atomic E-state index is 0.0285. The third-order valence-electron chi connectivity index (χ3n) is 2.69. The van der Waals surface area contributed by atoms with Crippen LogP contribution in [0.25, 0.3) is 0 Å². The van der Waals surface area contributed by atoms with Gasteiger partial charge >= 0.3 is 0 Å². The van der Waals surface area contributed by atoms with E-state index in [0.717, 1.165) is 19.4 Å². The van der Waals surface area contributed by atoms with E-state index < -0.39 is 11.7 Å². The Kier molecular flexibility index (Phi) is 4.02. The van der Waals surface area contributed by atoms with Gasteiger partial charge in [-0.15, -0.1) is 12.6 Å². The molecule has 0 saturated carbocycles. The molecular formula is C12H14FNO2S. The topological polar surface area (TPSA) is 38.3 Å². The normalized spacial score (nSPS) is 20.0. The van der Waals surface area contributed by atoms with Gasteiger partial charge in [0.15, 0.2) is 0 Å². The molecule has 0 spiro atoms. The molecule has 0 aromatic heterocycles. The first-order chi connectivity index (χ1) is 8.16. The number of hydrogen-bond acceptors (Lipinski definition) is 3. The Morgan fingerprint density at radius 3 is 3.06 bits per heavy atom. The van der Waals surface area contributed by atoms with Crippen molar-refractivity contribution in [3.8, 4) is 0 Å². The second-order valence-electron chi connectivity index (χ2n) is 4.05. The summed E-state index contributed by atoms with van der Waals surface area (Å²) in [7, 11) is 0. The highest BCUT2D eigenvalue weighted by molar-refractivity contribution is 7.80. The van der Waals surface area contributed by atoms with Crippen LogP contribution in [0.4, 0.5) is 4.39 Å². The summed E-state index contributed by atoms with van der Waals surface area (Å²) in [6, 6.07) is 4.16. The van der Waals surface area contributed by atoms with Crippen molar-refractivity contribution in [1.29, 1.82) is 0 Å². The van der Waals surface area contributed by atoms with Crippen molar-refractivity contribution in [2.75, 3.05) is 13.2 Å². The van der Waals surface area contributed by atoms with Crippen LogP contribution in [-0.4, -0.2) is 25.2 Å². The molecule has 1 fully saturated rings. The lowest BCUT2D eigenvalue weighted by atomic mass is 10.1. The molecule has 1 heterocycles. The number of carbonyl (C=O) groups excluding carboxylic acids is 1. The van der Waals surface area contributed by atoms with Crippen molar-refractivity contribution in [3.05, 3.63) is 29.6 Å². The number of benzene rings is 1. The Labute approximate surface area is 105 Å². The van der Waals surface area contributed by atoms with E-state index in [2.05, 4.69) is 17.9 Å². The van der Waals surface area contributed by atoms with Gasteiger partial charge in [-0.05, 0) is 31.0 Å². The van der Waals surface area contributed by atoms with Crippen LogP contribution < -0.4 is 5.32 Å². The molecule has 0 bridgehead atoms. The summed E-state index contributed by atoms with van der Waals surface area (Å²) in [6.45, 7) is 1.22. The molecular weight excluding hydrogens is 241 g/mol. The molecule has 92 valence electrons. The summed E-state index contributed by atoms with van der Waals surface area (Å²) in [5.41, 5.74) is 0.0306. The molecule has 17 heavy (non-hydrogen) atoms. The predicted octanol–water partition coefficient (Wildman–Crippen LogP) is 2.02. The molecule has 0 aliphatic carbocycles. The van der Waals surface area contributed by atoms with Crippen LogP contribution in [0.15, 0.2) is 23.1 Å². The molecule has 5 heteroatoms. The smallest absolute Gasteiger partial charge is 0.254 e. The summed E-state index contributed by atoms with van der Waals surface area (Å²) in [6.07, 6.45) is 1.79. The van der Waals surface area contributed by atoms with Gasteiger partial charge in [0.05, 0.1) is 18.2 Å². The number of amides is 1. The molecule has 1 aromatic rings. The van der Waals surface area contributed by atoms with Gasteiger partial charge in [-0.2, -0.15) is 0 Å². The van der Waals surface area contributed by atoms with Crippen LogP contribution in [0.2, 0.25) is 0 Å². The maximum atomic E-state index is 13.4. The fourth-order valence-corrected chi connectivity index (χ4v) is 2.01. The summed E-state index contributed by atoms with van der Waals surface area (Å²) in [5.74, 6) is -0.939. The lowest BCUT2D eigenvalue weighted by Gasteiger charge is -2.23. The fraction of sp³-hybridized carbons (Fsp3) is 0.417. The third-order valence-corrected chi connectivity index (χ3v) is 2.97. The Morgan fingerprint density at radius 2 is 2.35 bits per heavy atom. The van der Waals surface area contributed by atoms with Crippen molar-refractivity contribution in [2.24, 2.45) is 0 Å². The molecule has 1 atom stereocenters. The van der Waals surface area contributed by atoms with Gasteiger partial charge < -0.3 is 10.1 Å². The number of hydrogen-bond donors (Lipinski definition) is 2. The van der Waals surface area contributed by atoms with Gasteiger partial charge in [0.2, 0.25) is 0 Å². The maximum absolute atomic E-state index is 13.4. The van der Waals surface area contributed by atoms with Gasteiger partial charge in [-0.3, -0.25) is 4.79 Å². The molecule has 1 saturated heterocycles. The first-order valence-corrected chi connectivity index (χ1v) is 5.98. The van der Waals surface area contributed by atoms with E-state index in [1.165, 1.54) is 18.2 Å². The second kappa shape index (κ2) is 5.51. The van der Waals surface area contributed by atoms with Crippen molar-refractivity contribution in [3.63, 3.8) is 0 Å². The van der Waals surface area contributed by atoms with Gasteiger partial charge in [-0.25, -0.2) is 4.39 Å². The zero-order valence-electron chi connectivity index (χ0n) is 9.28. The summed E-state index contributed by atoms with van der Waals surface area (Å²) in [4.78, 5) is 12.4. The van der Waals surface area contributed by atoms with Crippen LogP contribution in [-0.2, 0) is 4.74 Å². The van der Waals surface area contributed by atoms with Crippen molar-refractivity contribution < 1.29 is 13.9 Å². The quantitative estimate of drug-likeness (QED) is 0.794. The van der Waals surface area contributed by atoms with Crippen LogP contribution in [0.3, 0.4) is 0 Å². The number of thiol groups is 1. The Bertz CT molecular complexity index is 419. The SMILES string of the molecule is O=C(NC1CCCOC1)c1cc(S)ccc1F. The Hall–Kier alpha value is -1.07. The van der Waals surface area contributed by atoms with Crippen molar-refractivity contribution in [2.45, 2.75) is 23.8 Å². The molecule has 1 aromatic carbocycles. The van der Waals surface area contributed by atoms with Crippen LogP contribution in [0, 0.1) is 5.82 Å². The van der Waals surface area contributed by atoms with Gasteiger partial charge in [0.25, 0.3) is 5.91 Å². The highest BCUT2D eigenvalue weighted by Crippen LogP contribution is 2.14. The van der Waals surface area contributed by atoms with E-state index in [0.29, 0.717) is 11.5 Å². The Morgan fingerprint density at radius 1 is 1.53 bits per heavy atom. The largest absolute Gasteiger partial charge is 0.379 e. The van der Waals surface area contributed by atoms with E-state index in [1.807, 2.05) is 0 Å². The molecule has 3 nitrogen and oxygen atoms in total. The fourth-order valence-electron chi connectivity index (χ4n) is 1.80. The zero-order valence-corrected chi connectivity index (χ0v) is 10.2. The number of rotatable bonds is 2. The molecule has 1 aliphatic rings. The van der Waals surface area contributed by atoms with Crippen molar-refractivity contribution >= 4 is 18.5 Å². The van der Waals surface area contributed by atoms with E-state index in [1.54, 1.807) is 0 Å². The summed E-state index contributed by atoms with van der Waals surface area (Å²) >= 11 is 4.09. The molecule has 1 unspecified atom stereocenters. The number of halogens is 1.